The first-order valence-electron chi connectivity index (χ1n) is 3.32. The highest BCUT2D eigenvalue weighted by Gasteiger charge is 2.16. The van der Waals surface area contributed by atoms with Crippen LogP contribution >= 0.6 is 0 Å². The molecule has 12 heavy (non-hydrogen) atoms. The van der Waals surface area contributed by atoms with E-state index in [-0.39, 0.29) is 24.0 Å². The molecule has 64 valence electrons. The van der Waals surface area contributed by atoms with E-state index in [2.05, 4.69) is 17.8 Å². The molecular weight excluding hydrogens is 261 g/mol. The van der Waals surface area contributed by atoms with Gasteiger partial charge in [0.2, 0.25) is 0 Å². The average Bonchev–Trinajstić information content (AvgIpc) is 1.88. The Balaban J connectivity index is 0. The van der Waals surface area contributed by atoms with E-state index in [0.29, 0.717) is 24.1 Å². The number of hydrogen-bond acceptors (Lipinski definition) is 0. The van der Waals surface area contributed by atoms with Crippen molar-refractivity contribution in [2.24, 2.45) is 0 Å². The number of hydrogen-bond donors (Lipinski definition) is 0. The van der Waals surface area contributed by atoms with Crippen LogP contribution in [0.25, 0.3) is 0 Å². The average molecular weight is 273 g/mol. The lowest BCUT2D eigenvalue weighted by atomic mass is 10.3. The molecule has 0 heterocycles. The SMILES string of the molecule is C#CC[N+](C)(CC#C)CC#C.[I-]. The predicted molar refractivity (Wildman–Crippen MR) is 47.3 cm³/mol. The van der Waals surface area contributed by atoms with Crippen molar-refractivity contribution in [3.05, 3.63) is 0 Å². The van der Waals surface area contributed by atoms with E-state index in [4.69, 9.17) is 19.3 Å². The summed E-state index contributed by atoms with van der Waals surface area (Å²) in [6, 6.07) is 0. The molecule has 0 unspecified atom stereocenters. The lowest BCUT2D eigenvalue weighted by molar-refractivity contribution is -0.888. The summed E-state index contributed by atoms with van der Waals surface area (Å²) in [7, 11) is 1.96. The Bertz CT molecular complexity index is 195. The van der Waals surface area contributed by atoms with Crippen molar-refractivity contribution in [3.8, 4) is 37.0 Å². The molecule has 0 radical (unpaired) electrons. The first-order chi connectivity index (χ1) is 5.18. The maximum Gasteiger partial charge on any atom is 0.141 e. The van der Waals surface area contributed by atoms with Gasteiger partial charge in [-0.2, -0.15) is 0 Å². The van der Waals surface area contributed by atoms with Crippen LogP contribution in [-0.4, -0.2) is 31.2 Å². The van der Waals surface area contributed by atoms with Crippen molar-refractivity contribution in [3.63, 3.8) is 0 Å². The molecule has 0 spiro atoms. The molecule has 1 nitrogen and oxygen atoms in total. The van der Waals surface area contributed by atoms with Crippen LogP contribution < -0.4 is 24.0 Å². The van der Waals surface area contributed by atoms with Crippen molar-refractivity contribution in [2.45, 2.75) is 0 Å². The van der Waals surface area contributed by atoms with Crippen molar-refractivity contribution in [1.29, 1.82) is 0 Å². The molecule has 0 aromatic heterocycles. The van der Waals surface area contributed by atoms with Crippen LogP contribution in [0, 0.1) is 37.0 Å². The third-order valence-electron chi connectivity index (χ3n) is 1.42. The standard InChI is InChI=1S/C10H12N.HI/c1-5-8-11(4,9-6-2)10-7-3;/h1-3H,8-10H2,4H3;1H/q+1;/p-1. The van der Waals surface area contributed by atoms with E-state index in [9.17, 15) is 0 Å². The molecule has 0 amide bonds. The maximum absolute atomic E-state index is 5.17. The summed E-state index contributed by atoms with van der Waals surface area (Å²) in [5.74, 6) is 7.68. The van der Waals surface area contributed by atoms with E-state index >= 15 is 0 Å². The van der Waals surface area contributed by atoms with Gasteiger partial charge >= 0.3 is 0 Å². The van der Waals surface area contributed by atoms with Gasteiger partial charge in [0, 0.05) is 0 Å². The van der Waals surface area contributed by atoms with E-state index in [0.717, 1.165) is 0 Å². The fraction of sp³-hybridized carbons (Fsp3) is 0.400. The molecule has 0 aliphatic heterocycles. The summed E-state index contributed by atoms with van der Waals surface area (Å²) in [5, 5.41) is 0. The second-order valence-electron chi connectivity index (χ2n) is 2.71. The number of halogens is 1. The van der Waals surface area contributed by atoms with Crippen LogP contribution in [0.1, 0.15) is 0 Å². The second kappa shape index (κ2) is 7.04. The summed E-state index contributed by atoms with van der Waals surface area (Å²) in [6.07, 6.45) is 15.5. The van der Waals surface area contributed by atoms with Crippen LogP contribution in [0.5, 0.6) is 0 Å². The molecule has 0 saturated carbocycles. The summed E-state index contributed by atoms with van der Waals surface area (Å²) in [5.41, 5.74) is 0. The van der Waals surface area contributed by atoms with Gasteiger partial charge in [0.1, 0.15) is 19.6 Å². The molecular formula is C10H12IN. The molecule has 2 heteroatoms. The first kappa shape index (κ1) is 13.9. The summed E-state index contributed by atoms with van der Waals surface area (Å²) < 4.78 is 0.573. The summed E-state index contributed by atoms with van der Waals surface area (Å²) in [4.78, 5) is 0. The Morgan fingerprint density at radius 1 is 0.917 bits per heavy atom. The van der Waals surface area contributed by atoms with Gasteiger partial charge in [-0.05, 0) is 17.8 Å². The Labute approximate surface area is 92.1 Å². The van der Waals surface area contributed by atoms with Gasteiger partial charge < -0.3 is 24.0 Å². The maximum atomic E-state index is 5.17. The zero-order chi connectivity index (χ0) is 8.74. The number of nitrogens with zero attached hydrogens (tertiary/aromatic N) is 1. The number of terminal acetylenes is 3. The van der Waals surface area contributed by atoms with Crippen molar-refractivity contribution >= 4 is 0 Å². The zero-order valence-electron chi connectivity index (χ0n) is 7.18. The molecule has 0 N–H and O–H groups in total. The highest BCUT2D eigenvalue weighted by atomic mass is 127. The molecule has 0 saturated heterocycles. The Morgan fingerprint density at radius 3 is 1.33 bits per heavy atom. The predicted octanol–water partition coefficient (Wildman–Crippen LogP) is -2.66. The lowest BCUT2D eigenvalue weighted by Gasteiger charge is -2.27. The quantitative estimate of drug-likeness (QED) is 0.299. The largest absolute Gasteiger partial charge is 1.00 e. The molecule has 0 bridgehead atoms. The first-order valence-corrected chi connectivity index (χ1v) is 3.32. The summed E-state index contributed by atoms with van der Waals surface area (Å²) in [6.45, 7) is 1.78. The van der Waals surface area contributed by atoms with Crippen LogP contribution in [0.15, 0.2) is 0 Å². The molecule has 0 aliphatic rings. The van der Waals surface area contributed by atoms with Crippen LogP contribution in [0.2, 0.25) is 0 Å². The zero-order valence-corrected chi connectivity index (χ0v) is 9.34. The van der Waals surface area contributed by atoms with E-state index in [1.165, 1.54) is 0 Å². The van der Waals surface area contributed by atoms with Gasteiger partial charge in [-0.15, -0.1) is 19.3 Å². The van der Waals surface area contributed by atoms with E-state index in [1.807, 2.05) is 7.05 Å². The minimum Gasteiger partial charge on any atom is -1.00 e. The van der Waals surface area contributed by atoms with Crippen molar-refractivity contribution < 1.29 is 28.5 Å². The van der Waals surface area contributed by atoms with Gasteiger partial charge in [0.25, 0.3) is 0 Å². The van der Waals surface area contributed by atoms with Crippen LogP contribution in [0.3, 0.4) is 0 Å². The molecule has 0 atom stereocenters. The van der Waals surface area contributed by atoms with E-state index in [1.54, 1.807) is 0 Å². The highest BCUT2D eigenvalue weighted by molar-refractivity contribution is 4.92. The second-order valence-corrected chi connectivity index (χ2v) is 2.71. The Hall–Kier alpha value is -0.630. The van der Waals surface area contributed by atoms with Crippen LogP contribution in [0.4, 0.5) is 0 Å². The fourth-order valence-electron chi connectivity index (χ4n) is 0.829. The molecule has 0 fully saturated rings. The van der Waals surface area contributed by atoms with Gasteiger partial charge in [-0.1, -0.05) is 0 Å². The molecule has 0 aromatic rings. The Kier molecular flexibility index (Phi) is 8.17. The molecule has 0 rings (SSSR count). The van der Waals surface area contributed by atoms with Gasteiger partial charge in [0.05, 0.1) is 7.05 Å². The minimum absolute atomic E-state index is 0. The van der Waals surface area contributed by atoms with E-state index < -0.39 is 0 Å². The smallest absolute Gasteiger partial charge is 0.141 e. The number of rotatable bonds is 3. The third kappa shape index (κ3) is 5.08. The van der Waals surface area contributed by atoms with Gasteiger partial charge in [-0.25, -0.2) is 0 Å². The monoisotopic (exact) mass is 273 g/mol. The Morgan fingerprint density at radius 2 is 1.17 bits per heavy atom. The van der Waals surface area contributed by atoms with Crippen LogP contribution in [-0.2, 0) is 0 Å². The minimum atomic E-state index is 0. The van der Waals surface area contributed by atoms with Gasteiger partial charge in [-0.3, -0.25) is 4.48 Å². The summed E-state index contributed by atoms with van der Waals surface area (Å²) >= 11 is 0. The lowest BCUT2D eigenvalue weighted by Crippen LogP contribution is -3.00. The topological polar surface area (TPSA) is 0 Å². The molecule has 0 aliphatic carbocycles. The van der Waals surface area contributed by atoms with Gasteiger partial charge in [0.15, 0.2) is 0 Å². The van der Waals surface area contributed by atoms with Crippen molar-refractivity contribution in [1.82, 2.24) is 0 Å². The number of quaternary nitrogens is 1. The fourth-order valence-corrected chi connectivity index (χ4v) is 0.829. The third-order valence-corrected chi connectivity index (χ3v) is 1.42. The molecule has 0 aromatic carbocycles. The van der Waals surface area contributed by atoms with Crippen molar-refractivity contribution in [2.75, 3.05) is 26.7 Å². The normalized spacial score (nSPS) is 8.50. The highest BCUT2D eigenvalue weighted by Crippen LogP contribution is 1.98.